The number of carbonyl (C=O) groups is 2. The van der Waals surface area contributed by atoms with E-state index in [-0.39, 0.29) is 6.29 Å². The monoisotopic (exact) mass is 129 g/mol. The van der Waals surface area contributed by atoms with E-state index >= 15 is 0 Å². The van der Waals surface area contributed by atoms with Crippen molar-refractivity contribution in [2.24, 2.45) is 0 Å². The van der Waals surface area contributed by atoms with Crippen LogP contribution in [0.4, 0.5) is 0 Å². The minimum Gasteiger partial charge on any atom is -0.367 e. The fourth-order valence-corrected chi connectivity index (χ4v) is 0.239. The quantitative estimate of drug-likeness (QED) is 0.286. The van der Waals surface area contributed by atoms with Gasteiger partial charge in [-0.15, -0.1) is 0 Å². The molecule has 0 saturated heterocycles. The van der Waals surface area contributed by atoms with Gasteiger partial charge in [0.25, 0.3) is 0 Å². The van der Waals surface area contributed by atoms with Crippen LogP contribution in [0.25, 0.3) is 0 Å². The number of carbonyl (C=O) groups excluding carboxylic acids is 2. The molecule has 0 rings (SSSR count). The third kappa shape index (κ3) is 3.42. The van der Waals surface area contributed by atoms with Crippen molar-refractivity contribution in [3.05, 3.63) is 12.7 Å². The number of rotatable bonds is 3. The van der Waals surface area contributed by atoms with Gasteiger partial charge in [-0.3, -0.25) is 9.59 Å². The Bertz CT molecular complexity index is 132. The highest BCUT2D eigenvalue weighted by atomic mass is 16.3. The van der Waals surface area contributed by atoms with Crippen molar-refractivity contribution in [2.75, 3.05) is 0 Å². The van der Waals surface area contributed by atoms with E-state index in [1.54, 1.807) is 0 Å². The van der Waals surface area contributed by atoms with E-state index in [9.17, 15) is 9.59 Å². The van der Waals surface area contributed by atoms with Crippen molar-refractivity contribution in [2.45, 2.75) is 6.23 Å². The first-order chi connectivity index (χ1) is 4.20. The largest absolute Gasteiger partial charge is 0.367 e. The molecule has 9 heavy (non-hydrogen) atoms. The molecule has 50 valence electrons. The zero-order valence-corrected chi connectivity index (χ0v) is 4.70. The Morgan fingerprint density at radius 1 is 1.78 bits per heavy atom. The topological polar surface area (TPSA) is 66.4 Å². The number of aliphatic hydroxyl groups excluding tert-OH is 1. The maximum Gasteiger partial charge on any atom is 0.245 e. The summed E-state index contributed by atoms with van der Waals surface area (Å²) in [6, 6.07) is 0. The summed E-state index contributed by atoms with van der Waals surface area (Å²) in [5, 5.41) is 10.3. The summed E-state index contributed by atoms with van der Waals surface area (Å²) in [6.07, 6.45) is -0.246. The summed E-state index contributed by atoms with van der Waals surface area (Å²) >= 11 is 0. The van der Waals surface area contributed by atoms with E-state index in [4.69, 9.17) is 5.11 Å². The highest BCUT2D eigenvalue weighted by Crippen LogP contribution is 1.69. The van der Waals surface area contributed by atoms with Gasteiger partial charge < -0.3 is 10.4 Å². The fourth-order valence-electron chi connectivity index (χ4n) is 0.239. The molecule has 0 saturated carbocycles. The molecule has 0 spiro atoms. The Kier molecular flexibility index (Phi) is 3.31. The van der Waals surface area contributed by atoms with Gasteiger partial charge in [-0.1, -0.05) is 6.58 Å². The maximum atomic E-state index is 10.2. The van der Waals surface area contributed by atoms with E-state index in [0.717, 1.165) is 6.08 Å². The lowest BCUT2D eigenvalue weighted by Gasteiger charge is -2.00. The van der Waals surface area contributed by atoms with E-state index in [0.29, 0.717) is 0 Å². The van der Waals surface area contributed by atoms with Gasteiger partial charge in [0.15, 0.2) is 12.5 Å². The molecule has 0 bridgehead atoms. The molecule has 0 aliphatic rings. The summed E-state index contributed by atoms with van der Waals surface area (Å²) in [7, 11) is 0. The standard InChI is InChI=1S/C5H7NO3/c1-2-4(8)6-5(9)3-7/h2-3,5,9H,1H2,(H,6,8). The number of nitrogens with one attached hydrogen (secondary N) is 1. The van der Waals surface area contributed by atoms with E-state index in [1.165, 1.54) is 0 Å². The molecule has 0 radical (unpaired) electrons. The zero-order valence-electron chi connectivity index (χ0n) is 4.70. The van der Waals surface area contributed by atoms with Crippen LogP contribution in [0.2, 0.25) is 0 Å². The first-order valence-electron chi connectivity index (χ1n) is 2.27. The van der Waals surface area contributed by atoms with Crippen LogP contribution >= 0.6 is 0 Å². The molecule has 0 aliphatic heterocycles. The van der Waals surface area contributed by atoms with Crippen molar-refractivity contribution in [1.29, 1.82) is 0 Å². The Morgan fingerprint density at radius 3 is 2.67 bits per heavy atom. The lowest BCUT2D eigenvalue weighted by atomic mass is 10.5. The third-order valence-corrected chi connectivity index (χ3v) is 0.604. The second-order valence-electron chi connectivity index (χ2n) is 1.29. The molecule has 4 heteroatoms. The van der Waals surface area contributed by atoms with Gasteiger partial charge in [-0.05, 0) is 6.08 Å². The molecule has 1 amide bonds. The second-order valence-corrected chi connectivity index (χ2v) is 1.29. The normalized spacial score (nSPS) is 11.7. The average Bonchev–Trinajstić information content (AvgIpc) is 1.87. The predicted octanol–water partition coefficient (Wildman–Crippen LogP) is -1.19. The Morgan fingerprint density at radius 2 is 2.33 bits per heavy atom. The van der Waals surface area contributed by atoms with Crippen molar-refractivity contribution in [3.8, 4) is 0 Å². The predicted molar refractivity (Wildman–Crippen MR) is 30.4 cm³/mol. The third-order valence-electron chi connectivity index (χ3n) is 0.604. The van der Waals surface area contributed by atoms with Crippen LogP contribution < -0.4 is 5.32 Å². The van der Waals surface area contributed by atoms with E-state index in [1.807, 2.05) is 5.32 Å². The highest BCUT2D eigenvalue weighted by Gasteiger charge is 2.00. The van der Waals surface area contributed by atoms with Crippen LogP contribution in [0, 0.1) is 0 Å². The molecule has 0 aromatic carbocycles. The number of aliphatic hydroxyl groups is 1. The van der Waals surface area contributed by atoms with Gasteiger partial charge >= 0.3 is 0 Å². The number of hydrogen-bond donors (Lipinski definition) is 2. The van der Waals surface area contributed by atoms with Crippen molar-refractivity contribution in [1.82, 2.24) is 5.32 Å². The molecule has 4 nitrogen and oxygen atoms in total. The Balaban J connectivity index is 3.58. The Hall–Kier alpha value is -1.16. The maximum absolute atomic E-state index is 10.2. The molecular formula is C5H7NO3. The summed E-state index contributed by atoms with van der Waals surface area (Å²) in [5.74, 6) is -0.574. The smallest absolute Gasteiger partial charge is 0.245 e. The molecular weight excluding hydrogens is 122 g/mol. The first kappa shape index (κ1) is 7.84. The molecule has 0 heterocycles. The lowest BCUT2D eigenvalue weighted by Crippen LogP contribution is -2.34. The molecule has 0 aromatic rings. The highest BCUT2D eigenvalue weighted by molar-refractivity contribution is 5.88. The molecule has 0 fully saturated rings. The molecule has 0 aliphatic carbocycles. The summed E-state index contributed by atoms with van der Waals surface area (Å²) in [4.78, 5) is 19.9. The first-order valence-corrected chi connectivity index (χ1v) is 2.27. The van der Waals surface area contributed by atoms with Crippen LogP contribution in [0.3, 0.4) is 0 Å². The van der Waals surface area contributed by atoms with E-state index < -0.39 is 12.1 Å². The van der Waals surface area contributed by atoms with Crippen LogP contribution in [0.5, 0.6) is 0 Å². The van der Waals surface area contributed by atoms with Gasteiger partial charge in [0.05, 0.1) is 0 Å². The van der Waals surface area contributed by atoms with Crippen molar-refractivity contribution < 1.29 is 14.7 Å². The summed E-state index contributed by atoms with van der Waals surface area (Å²) in [6.45, 7) is 3.11. The number of hydrogen-bond acceptors (Lipinski definition) is 3. The lowest BCUT2D eigenvalue weighted by molar-refractivity contribution is -0.125. The van der Waals surface area contributed by atoms with Gasteiger partial charge in [0.2, 0.25) is 5.91 Å². The van der Waals surface area contributed by atoms with Gasteiger partial charge in [0, 0.05) is 0 Å². The van der Waals surface area contributed by atoms with Crippen LogP contribution in [0.1, 0.15) is 0 Å². The van der Waals surface area contributed by atoms with Crippen LogP contribution in [-0.2, 0) is 9.59 Å². The van der Waals surface area contributed by atoms with Gasteiger partial charge in [-0.2, -0.15) is 0 Å². The van der Waals surface area contributed by atoms with E-state index in [2.05, 4.69) is 6.58 Å². The van der Waals surface area contributed by atoms with Crippen LogP contribution in [0.15, 0.2) is 12.7 Å². The summed E-state index contributed by atoms with van der Waals surface area (Å²) in [5.41, 5.74) is 0. The van der Waals surface area contributed by atoms with Crippen molar-refractivity contribution >= 4 is 12.2 Å². The minimum atomic E-state index is -1.42. The number of aldehydes is 1. The Labute approximate surface area is 52.2 Å². The molecule has 2 N–H and O–H groups in total. The van der Waals surface area contributed by atoms with Gasteiger partial charge in [-0.25, -0.2) is 0 Å². The minimum absolute atomic E-state index is 0.210. The molecule has 1 atom stereocenters. The van der Waals surface area contributed by atoms with Gasteiger partial charge in [0.1, 0.15) is 0 Å². The SMILES string of the molecule is C=CC(=O)NC(O)C=O. The van der Waals surface area contributed by atoms with Crippen LogP contribution in [-0.4, -0.2) is 23.5 Å². The summed E-state index contributed by atoms with van der Waals surface area (Å²) < 4.78 is 0. The van der Waals surface area contributed by atoms with Crippen molar-refractivity contribution in [3.63, 3.8) is 0 Å². The second kappa shape index (κ2) is 3.80. The fraction of sp³-hybridized carbons (Fsp3) is 0.200. The molecule has 1 unspecified atom stereocenters. The molecule has 0 aromatic heterocycles. The number of amides is 1. The average molecular weight is 129 g/mol. The zero-order chi connectivity index (χ0) is 7.28.